The molecule has 1 aromatic carbocycles. The van der Waals surface area contributed by atoms with Gasteiger partial charge in [0, 0.05) is 11.1 Å². The molecule has 1 aliphatic rings. The van der Waals surface area contributed by atoms with Gasteiger partial charge in [-0.05, 0) is 56.9 Å². The standard InChI is InChI=1S/C16H18N2O3/c1-16(2,13(15(20)21)11-7-8-11)18-14(19)12-5-3-10(9-17)4-6-12/h3-6,11,13H,7-8H2,1-2H3,(H,18,19)(H,20,21). The number of nitrogens with zero attached hydrogens (tertiary/aromatic N) is 1. The van der Waals surface area contributed by atoms with E-state index < -0.39 is 17.4 Å². The van der Waals surface area contributed by atoms with Crippen LogP contribution in [0.5, 0.6) is 0 Å². The van der Waals surface area contributed by atoms with E-state index in [4.69, 9.17) is 5.26 Å². The zero-order valence-corrected chi connectivity index (χ0v) is 12.1. The number of carboxylic acid groups (broad SMARTS) is 1. The third-order valence-electron chi connectivity index (χ3n) is 3.85. The van der Waals surface area contributed by atoms with Gasteiger partial charge in [0.2, 0.25) is 0 Å². The van der Waals surface area contributed by atoms with Gasteiger partial charge in [-0.2, -0.15) is 5.26 Å². The number of aliphatic carboxylic acids is 1. The summed E-state index contributed by atoms with van der Waals surface area (Å²) in [4.78, 5) is 23.7. The number of hydrogen-bond donors (Lipinski definition) is 2. The molecular formula is C16H18N2O3. The van der Waals surface area contributed by atoms with Crippen molar-refractivity contribution in [1.82, 2.24) is 5.32 Å². The second-order valence-corrected chi connectivity index (χ2v) is 6.02. The molecule has 1 unspecified atom stereocenters. The molecule has 0 aromatic heterocycles. The molecule has 0 heterocycles. The third-order valence-corrected chi connectivity index (χ3v) is 3.85. The van der Waals surface area contributed by atoms with Gasteiger partial charge < -0.3 is 10.4 Å². The van der Waals surface area contributed by atoms with Crippen LogP contribution in [-0.4, -0.2) is 22.5 Å². The molecule has 1 saturated carbocycles. The molecule has 1 amide bonds. The van der Waals surface area contributed by atoms with Gasteiger partial charge in [0.15, 0.2) is 0 Å². The van der Waals surface area contributed by atoms with Crippen molar-refractivity contribution < 1.29 is 14.7 Å². The van der Waals surface area contributed by atoms with E-state index in [0.717, 1.165) is 12.8 Å². The zero-order chi connectivity index (χ0) is 15.6. The maximum absolute atomic E-state index is 12.2. The number of nitriles is 1. The van der Waals surface area contributed by atoms with Crippen molar-refractivity contribution in [1.29, 1.82) is 5.26 Å². The molecule has 0 aliphatic heterocycles. The largest absolute Gasteiger partial charge is 0.481 e. The van der Waals surface area contributed by atoms with Crippen molar-refractivity contribution in [3.05, 3.63) is 35.4 Å². The Morgan fingerprint density at radius 2 is 1.90 bits per heavy atom. The molecule has 5 heteroatoms. The second-order valence-electron chi connectivity index (χ2n) is 6.02. The predicted octanol–water partition coefficient (Wildman–Crippen LogP) is 2.18. The van der Waals surface area contributed by atoms with Gasteiger partial charge in [-0.25, -0.2) is 0 Å². The van der Waals surface area contributed by atoms with Crippen LogP contribution < -0.4 is 5.32 Å². The Morgan fingerprint density at radius 3 is 2.33 bits per heavy atom. The average Bonchev–Trinajstić information content (AvgIpc) is 3.22. The van der Waals surface area contributed by atoms with Crippen LogP contribution in [0.4, 0.5) is 0 Å². The lowest BCUT2D eigenvalue weighted by Gasteiger charge is -2.32. The molecule has 0 saturated heterocycles. The lowest BCUT2D eigenvalue weighted by molar-refractivity contribution is -0.145. The molecule has 0 bridgehead atoms. The third kappa shape index (κ3) is 3.40. The van der Waals surface area contributed by atoms with Crippen molar-refractivity contribution in [2.24, 2.45) is 11.8 Å². The molecule has 0 spiro atoms. The lowest BCUT2D eigenvalue weighted by atomic mass is 9.83. The van der Waals surface area contributed by atoms with E-state index in [1.807, 2.05) is 6.07 Å². The summed E-state index contributed by atoms with van der Waals surface area (Å²) in [5.74, 6) is -1.64. The number of rotatable bonds is 5. The van der Waals surface area contributed by atoms with Crippen molar-refractivity contribution in [2.75, 3.05) is 0 Å². The second kappa shape index (κ2) is 5.57. The monoisotopic (exact) mass is 286 g/mol. The number of hydrogen-bond acceptors (Lipinski definition) is 3. The maximum atomic E-state index is 12.2. The van der Waals surface area contributed by atoms with Gasteiger partial charge in [0.25, 0.3) is 5.91 Å². The van der Waals surface area contributed by atoms with Gasteiger partial charge in [-0.3, -0.25) is 9.59 Å². The summed E-state index contributed by atoms with van der Waals surface area (Å²) < 4.78 is 0. The van der Waals surface area contributed by atoms with E-state index >= 15 is 0 Å². The van der Waals surface area contributed by atoms with E-state index in [1.54, 1.807) is 38.1 Å². The minimum absolute atomic E-state index is 0.138. The predicted molar refractivity (Wildman–Crippen MR) is 76.6 cm³/mol. The van der Waals surface area contributed by atoms with Crippen LogP contribution >= 0.6 is 0 Å². The van der Waals surface area contributed by atoms with Crippen molar-refractivity contribution in [3.8, 4) is 6.07 Å². The molecule has 0 radical (unpaired) electrons. The van der Waals surface area contributed by atoms with E-state index in [1.165, 1.54) is 0 Å². The van der Waals surface area contributed by atoms with Gasteiger partial charge in [0.1, 0.15) is 0 Å². The molecule has 1 aromatic rings. The Bertz CT molecular complexity index is 595. The highest BCUT2D eigenvalue weighted by Gasteiger charge is 2.46. The SMILES string of the molecule is CC(C)(NC(=O)c1ccc(C#N)cc1)C(C(=O)O)C1CC1. The smallest absolute Gasteiger partial charge is 0.309 e. The molecule has 110 valence electrons. The summed E-state index contributed by atoms with van der Waals surface area (Å²) in [6.45, 7) is 3.48. The van der Waals surface area contributed by atoms with Gasteiger partial charge in [-0.15, -0.1) is 0 Å². The normalized spacial score (nSPS) is 15.9. The van der Waals surface area contributed by atoms with E-state index in [9.17, 15) is 14.7 Å². The van der Waals surface area contributed by atoms with Crippen LogP contribution in [0.15, 0.2) is 24.3 Å². The molecule has 1 atom stereocenters. The lowest BCUT2D eigenvalue weighted by Crippen LogP contribution is -2.52. The van der Waals surface area contributed by atoms with E-state index in [-0.39, 0.29) is 11.8 Å². The highest BCUT2D eigenvalue weighted by atomic mass is 16.4. The summed E-state index contributed by atoms with van der Waals surface area (Å²) >= 11 is 0. The Labute approximate surface area is 123 Å². The average molecular weight is 286 g/mol. The fourth-order valence-electron chi connectivity index (χ4n) is 2.67. The Morgan fingerprint density at radius 1 is 1.33 bits per heavy atom. The molecule has 2 rings (SSSR count). The summed E-state index contributed by atoms with van der Waals surface area (Å²) in [5.41, 5.74) is 0.0760. The number of carbonyl (C=O) groups excluding carboxylic acids is 1. The zero-order valence-electron chi connectivity index (χ0n) is 12.1. The molecule has 2 N–H and O–H groups in total. The molecule has 1 fully saturated rings. The minimum atomic E-state index is -0.873. The minimum Gasteiger partial charge on any atom is -0.481 e. The first kappa shape index (κ1) is 15.0. The van der Waals surface area contributed by atoms with Crippen molar-refractivity contribution >= 4 is 11.9 Å². The fourth-order valence-corrected chi connectivity index (χ4v) is 2.67. The number of nitrogens with one attached hydrogen (secondary N) is 1. The summed E-state index contributed by atoms with van der Waals surface area (Å²) in [7, 11) is 0. The van der Waals surface area contributed by atoms with Crippen LogP contribution in [0.3, 0.4) is 0 Å². The van der Waals surface area contributed by atoms with E-state index in [0.29, 0.717) is 11.1 Å². The molecular weight excluding hydrogens is 268 g/mol. The van der Waals surface area contributed by atoms with Crippen molar-refractivity contribution in [2.45, 2.75) is 32.2 Å². The Kier molecular flexibility index (Phi) is 3.99. The first-order valence-electron chi connectivity index (χ1n) is 6.90. The number of amides is 1. The molecule has 1 aliphatic carbocycles. The van der Waals surface area contributed by atoms with Crippen LogP contribution in [0.1, 0.15) is 42.6 Å². The quantitative estimate of drug-likeness (QED) is 0.868. The number of carboxylic acids is 1. The van der Waals surface area contributed by atoms with Gasteiger partial charge in [-0.1, -0.05) is 0 Å². The number of benzene rings is 1. The van der Waals surface area contributed by atoms with Crippen LogP contribution in [0, 0.1) is 23.2 Å². The fraction of sp³-hybridized carbons (Fsp3) is 0.438. The topological polar surface area (TPSA) is 90.2 Å². The Hall–Kier alpha value is -2.35. The van der Waals surface area contributed by atoms with E-state index in [2.05, 4.69) is 5.32 Å². The van der Waals surface area contributed by atoms with Crippen LogP contribution in [0.2, 0.25) is 0 Å². The first-order chi connectivity index (χ1) is 9.85. The maximum Gasteiger partial charge on any atom is 0.309 e. The number of carbonyl (C=O) groups is 2. The van der Waals surface area contributed by atoms with Crippen LogP contribution in [0.25, 0.3) is 0 Å². The highest BCUT2D eigenvalue weighted by molar-refractivity contribution is 5.95. The first-order valence-corrected chi connectivity index (χ1v) is 6.90. The summed E-state index contributed by atoms with van der Waals surface area (Å²) in [6, 6.07) is 8.25. The Balaban J connectivity index is 2.12. The summed E-state index contributed by atoms with van der Waals surface area (Å²) in [5, 5.41) is 20.9. The highest BCUT2D eigenvalue weighted by Crippen LogP contribution is 2.42. The van der Waals surface area contributed by atoms with Crippen LogP contribution in [-0.2, 0) is 4.79 Å². The molecule has 5 nitrogen and oxygen atoms in total. The van der Waals surface area contributed by atoms with Crippen molar-refractivity contribution in [3.63, 3.8) is 0 Å². The molecule has 21 heavy (non-hydrogen) atoms. The van der Waals surface area contributed by atoms with Gasteiger partial charge in [0.05, 0.1) is 17.6 Å². The summed E-state index contributed by atoms with van der Waals surface area (Å²) in [6.07, 6.45) is 1.79. The van der Waals surface area contributed by atoms with Gasteiger partial charge >= 0.3 is 5.97 Å².